The first-order valence-corrected chi connectivity index (χ1v) is 5.85. The smallest absolute Gasteiger partial charge is 0.101 e. The molecule has 1 aromatic carbocycles. The summed E-state index contributed by atoms with van der Waals surface area (Å²) in [6.07, 6.45) is 0.516. The van der Waals surface area contributed by atoms with Crippen LogP contribution in [0.4, 0.5) is 5.69 Å². The first-order valence-electron chi connectivity index (χ1n) is 5.85. The Balaban J connectivity index is 2.25. The highest BCUT2D eigenvalue weighted by Gasteiger charge is 2.22. The fourth-order valence-corrected chi connectivity index (χ4v) is 2.22. The Morgan fingerprint density at radius 2 is 2.41 bits per heavy atom. The van der Waals surface area contributed by atoms with E-state index in [9.17, 15) is 10.4 Å². The van der Waals surface area contributed by atoms with Crippen LogP contribution >= 0.6 is 0 Å². The third kappa shape index (κ3) is 2.57. The van der Waals surface area contributed by atoms with Gasteiger partial charge in [0.2, 0.25) is 0 Å². The third-order valence-corrected chi connectivity index (χ3v) is 3.07. The largest absolute Gasteiger partial charge is 0.391 e. The summed E-state index contributed by atoms with van der Waals surface area (Å²) in [5.41, 5.74) is 2.73. The second-order valence-corrected chi connectivity index (χ2v) is 4.38. The van der Waals surface area contributed by atoms with Crippen LogP contribution in [0.5, 0.6) is 0 Å². The van der Waals surface area contributed by atoms with E-state index in [0.717, 1.165) is 30.8 Å². The molecule has 1 aliphatic rings. The van der Waals surface area contributed by atoms with Crippen LogP contribution in [0.1, 0.15) is 17.5 Å². The molecule has 2 N–H and O–H groups in total. The molecular weight excluding hydrogens is 214 g/mol. The number of aliphatic hydroxyl groups excluding tert-OH is 1. The summed E-state index contributed by atoms with van der Waals surface area (Å²) >= 11 is 0. The maximum absolute atomic E-state index is 9.53. The lowest BCUT2D eigenvalue weighted by atomic mass is 10.1. The predicted molar refractivity (Wildman–Crippen MR) is 66.8 cm³/mol. The minimum absolute atomic E-state index is 0.265. The fourth-order valence-electron chi connectivity index (χ4n) is 2.22. The quantitative estimate of drug-likeness (QED) is 0.809. The molecule has 0 aliphatic carbocycles. The van der Waals surface area contributed by atoms with Gasteiger partial charge in [-0.05, 0) is 31.2 Å². The summed E-state index contributed by atoms with van der Waals surface area (Å²) in [6, 6.07) is 8.15. The van der Waals surface area contributed by atoms with Crippen LogP contribution in [0.2, 0.25) is 0 Å². The van der Waals surface area contributed by atoms with Crippen LogP contribution in [-0.4, -0.2) is 31.3 Å². The van der Waals surface area contributed by atoms with E-state index in [0.29, 0.717) is 12.1 Å². The predicted octanol–water partition coefficient (Wildman–Crippen LogP) is 0.849. The van der Waals surface area contributed by atoms with Crippen LogP contribution in [0.3, 0.4) is 0 Å². The molecule has 0 amide bonds. The molecule has 2 rings (SSSR count). The summed E-state index contributed by atoms with van der Waals surface area (Å²) in [7, 11) is 1.89. The lowest BCUT2D eigenvalue weighted by molar-refractivity contribution is 0.198. The van der Waals surface area contributed by atoms with Crippen molar-refractivity contribution in [2.45, 2.75) is 19.1 Å². The van der Waals surface area contributed by atoms with Crippen LogP contribution in [0, 0.1) is 11.3 Å². The highest BCUT2D eigenvalue weighted by Crippen LogP contribution is 2.25. The van der Waals surface area contributed by atoms with Gasteiger partial charge in [-0.25, -0.2) is 0 Å². The zero-order valence-corrected chi connectivity index (χ0v) is 9.98. The minimum atomic E-state index is -0.265. The number of rotatable bonds is 3. The van der Waals surface area contributed by atoms with Gasteiger partial charge in [0.1, 0.15) is 6.07 Å². The Bertz CT molecular complexity index is 439. The molecule has 90 valence electrons. The molecule has 1 atom stereocenters. The zero-order chi connectivity index (χ0) is 12.3. The number of hydrogen-bond donors (Lipinski definition) is 2. The molecule has 0 spiro atoms. The summed E-state index contributed by atoms with van der Waals surface area (Å²) in [5, 5.41) is 21.8. The Morgan fingerprint density at radius 3 is 3.00 bits per heavy atom. The van der Waals surface area contributed by atoms with Gasteiger partial charge in [0, 0.05) is 19.6 Å². The first kappa shape index (κ1) is 11.9. The molecule has 0 radical (unpaired) electrons. The zero-order valence-electron chi connectivity index (χ0n) is 9.98. The lowest BCUT2D eigenvalue weighted by Crippen LogP contribution is -2.22. The van der Waals surface area contributed by atoms with Crippen molar-refractivity contribution in [2.24, 2.45) is 0 Å². The molecule has 1 saturated heterocycles. The van der Waals surface area contributed by atoms with E-state index in [1.165, 1.54) is 0 Å². The Labute approximate surface area is 101 Å². The van der Waals surface area contributed by atoms with Crippen molar-refractivity contribution in [2.75, 3.05) is 25.0 Å². The number of hydrogen-bond acceptors (Lipinski definition) is 4. The standard InChI is InChI=1S/C13H17N3O/c1-15-8-10-2-3-13(11(6-10)7-14)16-5-4-12(17)9-16/h2-3,6,12,15,17H,4-5,8-9H2,1H3. The highest BCUT2D eigenvalue weighted by atomic mass is 16.3. The van der Waals surface area contributed by atoms with Crippen LogP contribution in [-0.2, 0) is 6.54 Å². The van der Waals surface area contributed by atoms with Gasteiger partial charge in [-0.2, -0.15) is 5.26 Å². The van der Waals surface area contributed by atoms with E-state index in [2.05, 4.69) is 16.3 Å². The number of nitrogens with zero attached hydrogens (tertiary/aromatic N) is 2. The summed E-state index contributed by atoms with van der Waals surface area (Å²) in [5.74, 6) is 0. The van der Waals surface area contributed by atoms with Gasteiger partial charge in [0.25, 0.3) is 0 Å². The first-order chi connectivity index (χ1) is 8.24. The second-order valence-electron chi connectivity index (χ2n) is 4.38. The molecule has 0 saturated carbocycles. The van der Waals surface area contributed by atoms with Crippen molar-refractivity contribution in [1.29, 1.82) is 5.26 Å². The number of β-amino-alcohol motifs (C(OH)–C–C–N with tert-alkyl or cyclic N) is 1. The van der Waals surface area contributed by atoms with Gasteiger partial charge in [0.15, 0.2) is 0 Å². The molecule has 1 heterocycles. The lowest BCUT2D eigenvalue weighted by Gasteiger charge is -2.19. The molecule has 0 aromatic heterocycles. The monoisotopic (exact) mass is 231 g/mol. The second kappa shape index (κ2) is 5.17. The van der Waals surface area contributed by atoms with E-state index in [4.69, 9.17) is 0 Å². The molecule has 1 aliphatic heterocycles. The van der Waals surface area contributed by atoms with Crippen molar-refractivity contribution < 1.29 is 5.11 Å². The average Bonchev–Trinajstić information content (AvgIpc) is 2.76. The van der Waals surface area contributed by atoms with Crippen molar-refractivity contribution in [3.05, 3.63) is 29.3 Å². The van der Waals surface area contributed by atoms with E-state index >= 15 is 0 Å². The van der Waals surface area contributed by atoms with Gasteiger partial charge in [0.05, 0.1) is 17.4 Å². The van der Waals surface area contributed by atoms with Crippen molar-refractivity contribution in [3.63, 3.8) is 0 Å². The number of anilines is 1. The van der Waals surface area contributed by atoms with E-state index < -0.39 is 0 Å². The normalized spacial score (nSPS) is 19.4. The Morgan fingerprint density at radius 1 is 1.59 bits per heavy atom. The highest BCUT2D eigenvalue weighted by molar-refractivity contribution is 5.61. The number of nitriles is 1. The van der Waals surface area contributed by atoms with Gasteiger partial charge in [-0.1, -0.05) is 6.07 Å². The topological polar surface area (TPSA) is 59.3 Å². The Kier molecular flexibility index (Phi) is 3.62. The average molecular weight is 231 g/mol. The fraction of sp³-hybridized carbons (Fsp3) is 0.462. The molecule has 1 unspecified atom stereocenters. The van der Waals surface area contributed by atoms with Gasteiger partial charge >= 0.3 is 0 Å². The maximum Gasteiger partial charge on any atom is 0.101 e. The molecule has 1 aromatic rings. The van der Waals surface area contributed by atoms with Crippen molar-refractivity contribution in [3.8, 4) is 6.07 Å². The number of nitrogens with one attached hydrogen (secondary N) is 1. The molecular formula is C13H17N3O. The van der Waals surface area contributed by atoms with Crippen molar-refractivity contribution in [1.82, 2.24) is 5.32 Å². The molecule has 1 fully saturated rings. The van der Waals surface area contributed by atoms with Crippen LogP contribution in [0.25, 0.3) is 0 Å². The summed E-state index contributed by atoms with van der Waals surface area (Å²) < 4.78 is 0. The van der Waals surface area contributed by atoms with E-state index in [1.807, 2.05) is 25.2 Å². The van der Waals surface area contributed by atoms with Gasteiger partial charge in [-0.15, -0.1) is 0 Å². The Hall–Kier alpha value is -1.57. The van der Waals surface area contributed by atoms with E-state index in [-0.39, 0.29) is 6.10 Å². The van der Waals surface area contributed by atoms with Gasteiger partial charge < -0.3 is 15.3 Å². The molecule has 4 nitrogen and oxygen atoms in total. The number of benzene rings is 1. The minimum Gasteiger partial charge on any atom is -0.391 e. The van der Waals surface area contributed by atoms with Crippen LogP contribution < -0.4 is 10.2 Å². The molecule has 4 heteroatoms. The number of aliphatic hydroxyl groups is 1. The summed E-state index contributed by atoms with van der Waals surface area (Å²) in [6.45, 7) is 2.21. The SMILES string of the molecule is CNCc1ccc(N2CCC(O)C2)c(C#N)c1. The molecule has 0 bridgehead atoms. The summed E-state index contributed by atoms with van der Waals surface area (Å²) in [4.78, 5) is 2.08. The van der Waals surface area contributed by atoms with Crippen molar-refractivity contribution >= 4 is 5.69 Å². The third-order valence-electron chi connectivity index (χ3n) is 3.07. The van der Waals surface area contributed by atoms with Gasteiger partial charge in [-0.3, -0.25) is 0 Å². The maximum atomic E-state index is 9.53. The molecule has 17 heavy (non-hydrogen) atoms. The van der Waals surface area contributed by atoms with Crippen LogP contribution in [0.15, 0.2) is 18.2 Å². The van der Waals surface area contributed by atoms with E-state index in [1.54, 1.807) is 0 Å².